The highest BCUT2D eigenvalue weighted by atomic mass is 32.2. The number of sulfone groups is 1. The second-order valence-electron chi connectivity index (χ2n) is 6.59. The van der Waals surface area contributed by atoms with E-state index in [9.17, 15) is 8.42 Å². The van der Waals surface area contributed by atoms with Crippen LogP contribution in [0.5, 0.6) is 0 Å². The summed E-state index contributed by atoms with van der Waals surface area (Å²) in [5.41, 5.74) is 1.23. The summed E-state index contributed by atoms with van der Waals surface area (Å²) >= 11 is 0. The molecule has 1 saturated heterocycles. The van der Waals surface area contributed by atoms with Crippen LogP contribution in [0.25, 0.3) is 0 Å². The van der Waals surface area contributed by atoms with Crippen LogP contribution in [-0.2, 0) is 23.3 Å². The highest BCUT2D eigenvalue weighted by Gasteiger charge is 2.34. The second kappa shape index (κ2) is 6.08. The van der Waals surface area contributed by atoms with E-state index in [2.05, 4.69) is 16.5 Å². The first-order valence-corrected chi connectivity index (χ1v) is 9.76. The third-order valence-corrected chi connectivity index (χ3v) is 6.67. The van der Waals surface area contributed by atoms with Gasteiger partial charge in [-0.25, -0.2) is 8.42 Å². The van der Waals surface area contributed by atoms with E-state index in [-0.39, 0.29) is 0 Å². The minimum Gasteiger partial charge on any atom is -0.314 e. The molecule has 2 atom stereocenters. The number of aryl methyl sites for hydroxylation is 2. The van der Waals surface area contributed by atoms with Gasteiger partial charge in [0.1, 0.15) is 0 Å². The summed E-state index contributed by atoms with van der Waals surface area (Å²) in [6, 6.07) is 2.73. The molecule has 2 aliphatic rings. The minimum absolute atomic E-state index is 0.328. The van der Waals surface area contributed by atoms with Gasteiger partial charge in [-0.2, -0.15) is 5.10 Å². The summed E-state index contributed by atoms with van der Waals surface area (Å²) in [6.45, 7) is 0.961. The molecule has 6 heteroatoms. The molecule has 1 aliphatic heterocycles. The Balaban J connectivity index is 1.59. The molecule has 0 aromatic carbocycles. The van der Waals surface area contributed by atoms with Gasteiger partial charge < -0.3 is 5.32 Å². The van der Waals surface area contributed by atoms with Gasteiger partial charge in [0.25, 0.3) is 0 Å². The van der Waals surface area contributed by atoms with E-state index < -0.39 is 9.84 Å². The lowest BCUT2D eigenvalue weighted by Gasteiger charge is -2.23. The molecule has 0 radical (unpaired) electrons. The van der Waals surface area contributed by atoms with Crippen molar-refractivity contribution in [2.24, 2.45) is 18.9 Å². The molecule has 1 N–H and O–H groups in total. The van der Waals surface area contributed by atoms with E-state index in [4.69, 9.17) is 0 Å². The van der Waals surface area contributed by atoms with Crippen LogP contribution in [0.3, 0.4) is 0 Å². The van der Waals surface area contributed by atoms with Crippen LogP contribution in [0.1, 0.15) is 31.4 Å². The Kier molecular flexibility index (Phi) is 4.36. The Morgan fingerprint density at radius 2 is 2.24 bits per heavy atom. The topological polar surface area (TPSA) is 64.0 Å². The largest absolute Gasteiger partial charge is 0.314 e. The zero-order chi connectivity index (χ0) is 14.9. The van der Waals surface area contributed by atoms with Crippen LogP contribution in [-0.4, -0.2) is 42.3 Å². The molecule has 1 saturated carbocycles. The SMILES string of the molecule is Cn1nccc1CCC(CNC1CC1)C1CCS(=O)(=O)C1. The first-order valence-electron chi connectivity index (χ1n) is 7.94. The molecule has 118 valence electrons. The minimum atomic E-state index is -2.79. The van der Waals surface area contributed by atoms with Gasteiger partial charge in [-0.1, -0.05) is 0 Å². The van der Waals surface area contributed by atoms with Crippen molar-refractivity contribution in [2.45, 2.75) is 38.1 Å². The fourth-order valence-corrected chi connectivity index (χ4v) is 5.20. The van der Waals surface area contributed by atoms with Crippen LogP contribution in [0.4, 0.5) is 0 Å². The lowest BCUT2D eigenvalue weighted by atomic mass is 9.87. The van der Waals surface area contributed by atoms with Crippen molar-refractivity contribution in [3.05, 3.63) is 18.0 Å². The van der Waals surface area contributed by atoms with Crippen LogP contribution in [0.2, 0.25) is 0 Å². The maximum Gasteiger partial charge on any atom is 0.150 e. The van der Waals surface area contributed by atoms with Gasteiger partial charge in [-0.05, 0) is 56.6 Å². The van der Waals surface area contributed by atoms with Gasteiger partial charge in [0.15, 0.2) is 9.84 Å². The number of nitrogens with zero attached hydrogens (tertiary/aromatic N) is 2. The highest BCUT2D eigenvalue weighted by Crippen LogP contribution is 2.30. The molecular weight excluding hydrogens is 286 g/mol. The Morgan fingerprint density at radius 3 is 2.81 bits per heavy atom. The third-order valence-electron chi connectivity index (χ3n) is 4.87. The summed E-state index contributed by atoms with van der Waals surface area (Å²) in [5, 5.41) is 7.79. The van der Waals surface area contributed by atoms with E-state index in [0.717, 1.165) is 25.8 Å². The molecule has 0 spiro atoms. The van der Waals surface area contributed by atoms with Gasteiger partial charge >= 0.3 is 0 Å². The summed E-state index contributed by atoms with van der Waals surface area (Å²) < 4.78 is 25.4. The summed E-state index contributed by atoms with van der Waals surface area (Å²) in [7, 11) is -0.824. The van der Waals surface area contributed by atoms with Gasteiger partial charge in [-0.3, -0.25) is 4.68 Å². The Bertz CT molecular complexity index is 577. The number of rotatable bonds is 7. The standard InChI is InChI=1S/C15H25N3O2S/c1-18-15(6-8-17-18)5-2-12(10-16-14-3-4-14)13-7-9-21(19,20)11-13/h6,8,12-14,16H,2-5,7,9-11H2,1H3. The highest BCUT2D eigenvalue weighted by molar-refractivity contribution is 7.91. The lowest BCUT2D eigenvalue weighted by molar-refractivity contribution is 0.322. The number of nitrogens with one attached hydrogen (secondary N) is 1. The first-order chi connectivity index (χ1) is 10.0. The quantitative estimate of drug-likeness (QED) is 0.820. The molecule has 5 nitrogen and oxygen atoms in total. The maximum absolute atomic E-state index is 11.7. The van der Waals surface area contributed by atoms with E-state index in [0.29, 0.717) is 29.4 Å². The molecule has 2 heterocycles. The molecule has 3 rings (SSSR count). The molecule has 1 aromatic heterocycles. The Hall–Kier alpha value is -0.880. The number of hydrogen-bond acceptors (Lipinski definition) is 4. The fourth-order valence-electron chi connectivity index (χ4n) is 3.29. The molecule has 21 heavy (non-hydrogen) atoms. The van der Waals surface area contributed by atoms with Crippen molar-refractivity contribution in [2.75, 3.05) is 18.1 Å². The Morgan fingerprint density at radius 1 is 1.43 bits per heavy atom. The van der Waals surface area contributed by atoms with Gasteiger partial charge in [0.05, 0.1) is 11.5 Å². The molecular formula is C15H25N3O2S. The summed E-state index contributed by atoms with van der Waals surface area (Å²) in [5.74, 6) is 1.55. The van der Waals surface area contributed by atoms with Crippen LogP contribution in [0.15, 0.2) is 12.3 Å². The molecule has 0 bridgehead atoms. The average Bonchev–Trinajstić information content (AvgIpc) is 3.07. The maximum atomic E-state index is 11.7. The van der Waals surface area contributed by atoms with Gasteiger partial charge in [0, 0.05) is 25.0 Å². The van der Waals surface area contributed by atoms with Crippen molar-refractivity contribution in [1.29, 1.82) is 0 Å². The Labute approximate surface area is 127 Å². The molecule has 2 unspecified atom stereocenters. The van der Waals surface area contributed by atoms with Gasteiger partial charge in [0.2, 0.25) is 0 Å². The van der Waals surface area contributed by atoms with Crippen molar-refractivity contribution >= 4 is 9.84 Å². The van der Waals surface area contributed by atoms with Crippen molar-refractivity contribution in [3.8, 4) is 0 Å². The van der Waals surface area contributed by atoms with Crippen molar-refractivity contribution in [1.82, 2.24) is 15.1 Å². The van der Waals surface area contributed by atoms with E-state index in [1.54, 1.807) is 0 Å². The van der Waals surface area contributed by atoms with Crippen LogP contribution in [0, 0.1) is 11.8 Å². The predicted molar refractivity (Wildman–Crippen MR) is 82.8 cm³/mol. The van der Waals surface area contributed by atoms with E-state index in [1.165, 1.54) is 18.5 Å². The third kappa shape index (κ3) is 4.07. The smallest absolute Gasteiger partial charge is 0.150 e. The monoisotopic (exact) mass is 311 g/mol. The summed E-state index contributed by atoms with van der Waals surface area (Å²) in [4.78, 5) is 0. The van der Waals surface area contributed by atoms with Crippen LogP contribution < -0.4 is 5.32 Å². The zero-order valence-corrected chi connectivity index (χ0v) is 13.5. The number of aromatic nitrogens is 2. The molecule has 2 fully saturated rings. The number of hydrogen-bond donors (Lipinski definition) is 1. The van der Waals surface area contributed by atoms with E-state index >= 15 is 0 Å². The predicted octanol–water partition coefficient (Wildman–Crippen LogP) is 1.16. The normalized spacial score (nSPS) is 26.0. The molecule has 1 aromatic rings. The average molecular weight is 311 g/mol. The first kappa shape index (κ1) is 15.0. The van der Waals surface area contributed by atoms with Gasteiger partial charge in [-0.15, -0.1) is 0 Å². The van der Waals surface area contributed by atoms with Crippen molar-refractivity contribution in [3.63, 3.8) is 0 Å². The fraction of sp³-hybridized carbons (Fsp3) is 0.800. The lowest BCUT2D eigenvalue weighted by Crippen LogP contribution is -2.31. The van der Waals surface area contributed by atoms with E-state index in [1.807, 2.05) is 17.9 Å². The second-order valence-corrected chi connectivity index (χ2v) is 8.82. The zero-order valence-electron chi connectivity index (χ0n) is 12.7. The molecule has 0 amide bonds. The van der Waals surface area contributed by atoms with Crippen LogP contribution >= 0.6 is 0 Å². The van der Waals surface area contributed by atoms with Crippen molar-refractivity contribution < 1.29 is 8.42 Å². The molecule has 1 aliphatic carbocycles. The summed E-state index contributed by atoms with van der Waals surface area (Å²) in [6.07, 6.45) is 7.23.